The molecule has 0 saturated heterocycles. The normalized spacial score (nSPS) is 17.1. The molecule has 0 aliphatic carbocycles. The molecular weight excluding hydrogens is 342 g/mol. The summed E-state index contributed by atoms with van der Waals surface area (Å²) in [5.41, 5.74) is 1.97. The summed E-state index contributed by atoms with van der Waals surface area (Å²) in [7, 11) is -3.83. The Kier molecular flexibility index (Phi) is 4.22. The zero-order valence-corrected chi connectivity index (χ0v) is 14.5. The Balaban J connectivity index is 1.95. The average molecular weight is 359 g/mol. The number of nitrogens with one attached hydrogen (secondary N) is 3. The van der Waals surface area contributed by atoms with E-state index in [1.165, 1.54) is 25.1 Å². The van der Waals surface area contributed by atoms with E-state index in [0.717, 1.165) is 5.56 Å². The molecule has 2 aromatic carbocycles. The van der Waals surface area contributed by atoms with E-state index in [-0.39, 0.29) is 10.6 Å². The van der Waals surface area contributed by atoms with Crippen LogP contribution in [-0.4, -0.2) is 20.2 Å². The Bertz CT molecular complexity index is 970. The van der Waals surface area contributed by atoms with Gasteiger partial charge in [-0.2, -0.15) is 0 Å². The summed E-state index contributed by atoms with van der Waals surface area (Å²) < 4.78 is 27.7. The highest BCUT2D eigenvalue weighted by Gasteiger charge is 2.27. The lowest BCUT2D eigenvalue weighted by Gasteiger charge is -2.12. The molecule has 0 radical (unpaired) electrons. The first-order valence-corrected chi connectivity index (χ1v) is 9.10. The van der Waals surface area contributed by atoms with E-state index in [2.05, 4.69) is 15.4 Å². The third-order valence-corrected chi connectivity index (χ3v) is 5.25. The fraction of sp³-hybridized carbons (Fsp3) is 0.176. The highest BCUT2D eigenvalue weighted by atomic mass is 32.2. The van der Waals surface area contributed by atoms with E-state index >= 15 is 0 Å². The summed E-state index contributed by atoms with van der Waals surface area (Å²) in [5, 5.41) is 5.17. The number of benzene rings is 2. The summed E-state index contributed by atoms with van der Waals surface area (Å²) in [5.74, 6) is -1.79. The number of rotatable bonds is 3. The van der Waals surface area contributed by atoms with Crippen LogP contribution in [0.3, 0.4) is 0 Å². The van der Waals surface area contributed by atoms with Crippen LogP contribution in [0.1, 0.15) is 12.5 Å². The molecule has 1 aliphatic heterocycles. The second kappa shape index (κ2) is 6.21. The number of fused-ring (bicyclic) bond motifs is 1. The molecule has 0 bridgehead atoms. The molecule has 1 aliphatic rings. The number of hydrogen-bond donors (Lipinski definition) is 3. The molecule has 25 heavy (non-hydrogen) atoms. The zero-order valence-electron chi connectivity index (χ0n) is 13.7. The van der Waals surface area contributed by atoms with Crippen LogP contribution in [0.4, 0.5) is 17.1 Å². The van der Waals surface area contributed by atoms with Gasteiger partial charge in [0.15, 0.2) is 0 Å². The molecule has 2 amide bonds. The molecule has 3 rings (SSSR count). The SMILES string of the molecule is Cc1cccc(NS(=O)(=O)c2ccc3c(c2)NC(=O)[C@H](C)C(=O)N3)c1. The molecule has 3 N–H and O–H groups in total. The lowest BCUT2D eigenvalue weighted by Crippen LogP contribution is -2.28. The largest absolute Gasteiger partial charge is 0.324 e. The van der Waals surface area contributed by atoms with Crippen LogP contribution in [0, 0.1) is 12.8 Å². The lowest BCUT2D eigenvalue weighted by molar-refractivity contribution is -0.128. The molecule has 0 spiro atoms. The molecule has 7 nitrogen and oxygen atoms in total. The highest BCUT2D eigenvalue weighted by molar-refractivity contribution is 7.92. The fourth-order valence-electron chi connectivity index (χ4n) is 2.43. The fourth-order valence-corrected chi connectivity index (χ4v) is 3.50. The molecule has 0 fully saturated rings. The molecule has 1 atom stereocenters. The molecule has 2 aromatic rings. The van der Waals surface area contributed by atoms with Crippen LogP contribution >= 0.6 is 0 Å². The smallest absolute Gasteiger partial charge is 0.261 e. The first-order chi connectivity index (χ1) is 11.8. The predicted octanol–water partition coefficient (Wildman–Crippen LogP) is 2.32. The van der Waals surface area contributed by atoms with Crippen LogP contribution in [0.15, 0.2) is 47.4 Å². The number of carbonyl (C=O) groups is 2. The molecule has 0 unspecified atom stereocenters. The van der Waals surface area contributed by atoms with E-state index < -0.39 is 27.8 Å². The maximum Gasteiger partial charge on any atom is 0.261 e. The minimum atomic E-state index is -3.83. The summed E-state index contributed by atoms with van der Waals surface area (Å²) >= 11 is 0. The summed E-state index contributed by atoms with van der Waals surface area (Å²) in [6, 6.07) is 11.1. The molecule has 1 heterocycles. The van der Waals surface area contributed by atoms with Gasteiger partial charge in [-0.1, -0.05) is 12.1 Å². The maximum absolute atomic E-state index is 12.6. The monoisotopic (exact) mass is 359 g/mol. The van der Waals surface area contributed by atoms with Gasteiger partial charge in [0.1, 0.15) is 5.92 Å². The lowest BCUT2D eigenvalue weighted by atomic mass is 10.1. The van der Waals surface area contributed by atoms with Crippen molar-refractivity contribution in [1.82, 2.24) is 0 Å². The van der Waals surface area contributed by atoms with Gasteiger partial charge in [-0.05, 0) is 49.7 Å². The van der Waals surface area contributed by atoms with E-state index in [4.69, 9.17) is 0 Å². The summed E-state index contributed by atoms with van der Waals surface area (Å²) in [4.78, 5) is 23.8. The van der Waals surface area contributed by atoms with Gasteiger partial charge in [0.25, 0.3) is 10.0 Å². The number of sulfonamides is 1. The summed E-state index contributed by atoms with van der Waals surface area (Å²) in [6.45, 7) is 3.34. The van der Waals surface area contributed by atoms with Gasteiger partial charge in [0, 0.05) is 5.69 Å². The quantitative estimate of drug-likeness (QED) is 0.732. The Morgan fingerprint density at radius 2 is 1.64 bits per heavy atom. The van der Waals surface area contributed by atoms with Crippen molar-refractivity contribution in [3.8, 4) is 0 Å². The van der Waals surface area contributed by atoms with Crippen LogP contribution < -0.4 is 15.4 Å². The van der Waals surface area contributed by atoms with E-state index in [1.807, 2.05) is 13.0 Å². The second-order valence-electron chi connectivity index (χ2n) is 5.88. The zero-order chi connectivity index (χ0) is 18.2. The number of carbonyl (C=O) groups excluding carboxylic acids is 2. The van der Waals surface area contributed by atoms with Crippen LogP contribution in [0.5, 0.6) is 0 Å². The van der Waals surface area contributed by atoms with Gasteiger partial charge in [-0.25, -0.2) is 8.42 Å². The third kappa shape index (κ3) is 3.48. The second-order valence-corrected chi connectivity index (χ2v) is 7.56. The van der Waals surface area contributed by atoms with Gasteiger partial charge in [0.2, 0.25) is 11.8 Å². The van der Waals surface area contributed by atoms with E-state index in [0.29, 0.717) is 11.4 Å². The van der Waals surface area contributed by atoms with Gasteiger partial charge in [-0.15, -0.1) is 0 Å². The van der Waals surface area contributed by atoms with Crippen LogP contribution in [-0.2, 0) is 19.6 Å². The Morgan fingerprint density at radius 3 is 2.32 bits per heavy atom. The minimum absolute atomic E-state index is 0.0168. The number of anilines is 3. The van der Waals surface area contributed by atoms with Crippen molar-refractivity contribution in [1.29, 1.82) is 0 Å². The Labute approximate surface area is 145 Å². The first kappa shape index (κ1) is 17.0. The van der Waals surface area contributed by atoms with Crippen molar-refractivity contribution in [2.75, 3.05) is 15.4 Å². The minimum Gasteiger partial charge on any atom is -0.324 e. The number of hydrogen-bond acceptors (Lipinski definition) is 4. The highest BCUT2D eigenvalue weighted by Crippen LogP contribution is 2.29. The molecule has 0 aromatic heterocycles. The van der Waals surface area contributed by atoms with Crippen molar-refractivity contribution in [2.45, 2.75) is 18.7 Å². The third-order valence-electron chi connectivity index (χ3n) is 3.87. The van der Waals surface area contributed by atoms with Gasteiger partial charge in [0.05, 0.1) is 16.3 Å². The number of amides is 2. The van der Waals surface area contributed by atoms with E-state index in [9.17, 15) is 18.0 Å². The van der Waals surface area contributed by atoms with Gasteiger partial charge in [-0.3, -0.25) is 14.3 Å². The van der Waals surface area contributed by atoms with Gasteiger partial charge >= 0.3 is 0 Å². The standard InChI is InChI=1S/C17H17N3O4S/c1-10-4-3-5-12(8-10)20-25(23,24)13-6-7-14-15(9-13)19-17(22)11(2)16(21)18-14/h3-9,11,20H,1-2H3,(H,18,21)(H,19,22)/t11-/m1/s1. The molecule has 0 saturated carbocycles. The van der Waals surface area contributed by atoms with Crippen LogP contribution in [0.2, 0.25) is 0 Å². The van der Waals surface area contributed by atoms with Crippen molar-refractivity contribution >= 4 is 38.9 Å². The predicted molar refractivity (Wildman–Crippen MR) is 94.9 cm³/mol. The Hall–Kier alpha value is -2.87. The first-order valence-electron chi connectivity index (χ1n) is 7.61. The van der Waals surface area contributed by atoms with Crippen LogP contribution in [0.25, 0.3) is 0 Å². The topological polar surface area (TPSA) is 104 Å². The Morgan fingerprint density at radius 1 is 0.960 bits per heavy atom. The average Bonchev–Trinajstić information content (AvgIpc) is 2.64. The van der Waals surface area contributed by atoms with Crippen molar-refractivity contribution in [3.63, 3.8) is 0 Å². The van der Waals surface area contributed by atoms with Crippen molar-refractivity contribution in [3.05, 3.63) is 48.0 Å². The number of aryl methyl sites for hydroxylation is 1. The van der Waals surface area contributed by atoms with Crippen molar-refractivity contribution < 1.29 is 18.0 Å². The maximum atomic E-state index is 12.6. The molecule has 130 valence electrons. The van der Waals surface area contributed by atoms with E-state index in [1.54, 1.807) is 18.2 Å². The summed E-state index contributed by atoms with van der Waals surface area (Å²) in [6.07, 6.45) is 0. The molecular formula is C17H17N3O4S. The van der Waals surface area contributed by atoms with Gasteiger partial charge < -0.3 is 10.6 Å². The molecule has 8 heteroatoms. The van der Waals surface area contributed by atoms with Crippen molar-refractivity contribution in [2.24, 2.45) is 5.92 Å².